The molecule has 0 saturated heterocycles. The van der Waals surface area contributed by atoms with Crippen LogP contribution in [0.3, 0.4) is 0 Å². The van der Waals surface area contributed by atoms with Gasteiger partial charge in [-0.2, -0.15) is 0 Å². The lowest BCUT2D eigenvalue weighted by atomic mass is 9.94. The van der Waals surface area contributed by atoms with Gasteiger partial charge < -0.3 is 5.32 Å². The standard InChI is InChI=1S/C15H16F2N2/c1-3-10-9-19-8-7-11(10)15(18-2)12-5-4-6-13(16)14(12)17/h4-9,15,18H,3H2,1-2H3. The number of aryl methyl sites for hydroxylation is 1. The molecule has 4 heteroatoms. The van der Waals surface area contributed by atoms with E-state index in [-0.39, 0.29) is 6.04 Å². The fraction of sp³-hybridized carbons (Fsp3) is 0.267. The third kappa shape index (κ3) is 2.63. The van der Waals surface area contributed by atoms with Gasteiger partial charge in [0.05, 0.1) is 6.04 Å². The second-order valence-electron chi connectivity index (χ2n) is 4.29. The third-order valence-corrected chi connectivity index (χ3v) is 3.21. The number of nitrogens with one attached hydrogen (secondary N) is 1. The van der Waals surface area contributed by atoms with Crippen LogP contribution in [0.25, 0.3) is 0 Å². The van der Waals surface area contributed by atoms with Crippen molar-refractivity contribution in [1.82, 2.24) is 10.3 Å². The molecular formula is C15H16F2N2. The number of halogens is 2. The molecule has 2 rings (SSSR count). The highest BCUT2D eigenvalue weighted by Crippen LogP contribution is 2.27. The maximum absolute atomic E-state index is 13.9. The number of rotatable bonds is 4. The van der Waals surface area contributed by atoms with Crippen molar-refractivity contribution in [3.05, 3.63) is 65.0 Å². The van der Waals surface area contributed by atoms with E-state index in [1.54, 1.807) is 25.5 Å². The van der Waals surface area contributed by atoms with E-state index in [0.717, 1.165) is 23.6 Å². The molecule has 1 atom stereocenters. The monoisotopic (exact) mass is 262 g/mol. The Hall–Kier alpha value is -1.81. The number of benzene rings is 1. The molecule has 1 aromatic carbocycles. The third-order valence-electron chi connectivity index (χ3n) is 3.21. The van der Waals surface area contributed by atoms with Gasteiger partial charge in [-0.05, 0) is 36.7 Å². The molecule has 1 heterocycles. The van der Waals surface area contributed by atoms with Crippen molar-refractivity contribution in [2.24, 2.45) is 0 Å². The van der Waals surface area contributed by atoms with E-state index in [0.29, 0.717) is 5.56 Å². The van der Waals surface area contributed by atoms with Gasteiger partial charge in [0, 0.05) is 18.0 Å². The summed E-state index contributed by atoms with van der Waals surface area (Å²) in [6, 6.07) is 5.70. The summed E-state index contributed by atoms with van der Waals surface area (Å²) in [6.45, 7) is 2.01. The maximum Gasteiger partial charge on any atom is 0.163 e. The minimum atomic E-state index is -0.829. The second-order valence-corrected chi connectivity index (χ2v) is 4.29. The Bertz CT molecular complexity index is 570. The summed E-state index contributed by atoms with van der Waals surface area (Å²) in [4.78, 5) is 4.07. The van der Waals surface area contributed by atoms with Gasteiger partial charge in [0.1, 0.15) is 0 Å². The van der Waals surface area contributed by atoms with E-state index >= 15 is 0 Å². The van der Waals surface area contributed by atoms with Gasteiger partial charge in [-0.1, -0.05) is 19.1 Å². The smallest absolute Gasteiger partial charge is 0.163 e. The molecule has 1 N–H and O–H groups in total. The van der Waals surface area contributed by atoms with Gasteiger partial charge in [0.25, 0.3) is 0 Å². The highest BCUT2D eigenvalue weighted by molar-refractivity contribution is 5.36. The Morgan fingerprint density at radius 1 is 1.21 bits per heavy atom. The molecule has 0 aliphatic heterocycles. The van der Waals surface area contributed by atoms with Gasteiger partial charge in [-0.25, -0.2) is 8.78 Å². The Balaban J connectivity index is 2.53. The first-order valence-electron chi connectivity index (χ1n) is 6.23. The normalized spacial score (nSPS) is 12.4. The fourth-order valence-electron chi connectivity index (χ4n) is 2.24. The van der Waals surface area contributed by atoms with Crippen LogP contribution in [0.5, 0.6) is 0 Å². The molecule has 2 aromatic rings. The van der Waals surface area contributed by atoms with Crippen molar-refractivity contribution in [1.29, 1.82) is 0 Å². The molecule has 0 amide bonds. The van der Waals surface area contributed by atoms with Crippen molar-refractivity contribution in [3.8, 4) is 0 Å². The zero-order valence-corrected chi connectivity index (χ0v) is 11.0. The lowest BCUT2D eigenvalue weighted by Gasteiger charge is -2.20. The number of hydrogen-bond donors (Lipinski definition) is 1. The van der Waals surface area contributed by atoms with E-state index in [1.807, 2.05) is 13.0 Å². The molecule has 2 nitrogen and oxygen atoms in total. The van der Waals surface area contributed by atoms with Crippen LogP contribution in [0.2, 0.25) is 0 Å². The van der Waals surface area contributed by atoms with E-state index in [2.05, 4.69) is 10.3 Å². The summed E-state index contributed by atoms with van der Waals surface area (Å²) in [5.41, 5.74) is 2.25. The van der Waals surface area contributed by atoms with Gasteiger partial charge in [-0.15, -0.1) is 0 Å². The fourth-order valence-corrected chi connectivity index (χ4v) is 2.24. The van der Waals surface area contributed by atoms with Gasteiger partial charge >= 0.3 is 0 Å². The van der Waals surface area contributed by atoms with Crippen LogP contribution in [0.15, 0.2) is 36.7 Å². The van der Waals surface area contributed by atoms with Gasteiger partial charge in [-0.3, -0.25) is 4.98 Å². The van der Waals surface area contributed by atoms with Crippen molar-refractivity contribution < 1.29 is 8.78 Å². The minimum absolute atomic E-state index is 0.309. The quantitative estimate of drug-likeness (QED) is 0.915. The van der Waals surface area contributed by atoms with Crippen molar-refractivity contribution >= 4 is 0 Å². The summed E-state index contributed by atoms with van der Waals surface area (Å²) >= 11 is 0. The van der Waals surface area contributed by atoms with Gasteiger partial charge in [0.15, 0.2) is 11.6 Å². The summed E-state index contributed by atoms with van der Waals surface area (Å²) in [5.74, 6) is -1.63. The molecule has 1 aromatic heterocycles. The molecule has 0 fully saturated rings. The van der Waals surface area contributed by atoms with Crippen LogP contribution in [0, 0.1) is 11.6 Å². The maximum atomic E-state index is 13.9. The van der Waals surface area contributed by atoms with Crippen LogP contribution in [0.1, 0.15) is 29.7 Å². The van der Waals surface area contributed by atoms with Crippen molar-refractivity contribution in [2.45, 2.75) is 19.4 Å². The molecule has 0 spiro atoms. The Morgan fingerprint density at radius 2 is 2.00 bits per heavy atom. The van der Waals surface area contributed by atoms with Crippen LogP contribution >= 0.6 is 0 Å². The van der Waals surface area contributed by atoms with E-state index < -0.39 is 11.6 Å². The molecular weight excluding hydrogens is 246 g/mol. The average Bonchev–Trinajstić information content (AvgIpc) is 2.45. The summed E-state index contributed by atoms with van der Waals surface area (Å²) < 4.78 is 27.3. The van der Waals surface area contributed by atoms with Crippen LogP contribution in [-0.4, -0.2) is 12.0 Å². The molecule has 100 valence electrons. The van der Waals surface area contributed by atoms with Crippen LogP contribution < -0.4 is 5.32 Å². The van der Waals surface area contributed by atoms with E-state index in [4.69, 9.17) is 0 Å². The summed E-state index contributed by atoms with van der Waals surface area (Å²) in [5, 5.41) is 3.04. The predicted octanol–water partition coefficient (Wildman–Crippen LogP) is 3.23. The lowest BCUT2D eigenvalue weighted by molar-refractivity contribution is 0.487. The first kappa shape index (κ1) is 13.6. The molecule has 19 heavy (non-hydrogen) atoms. The minimum Gasteiger partial charge on any atom is -0.309 e. The molecule has 1 unspecified atom stereocenters. The SMILES string of the molecule is CCc1cnccc1C(NC)c1cccc(F)c1F. The number of aromatic nitrogens is 1. The zero-order chi connectivity index (χ0) is 13.8. The van der Waals surface area contributed by atoms with Crippen LogP contribution in [-0.2, 0) is 6.42 Å². The number of hydrogen-bond acceptors (Lipinski definition) is 2. The predicted molar refractivity (Wildman–Crippen MR) is 70.9 cm³/mol. The first-order valence-corrected chi connectivity index (χ1v) is 6.23. The topological polar surface area (TPSA) is 24.9 Å². The Labute approximate surface area is 111 Å². The van der Waals surface area contributed by atoms with Crippen molar-refractivity contribution in [2.75, 3.05) is 7.05 Å². The first-order chi connectivity index (χ1) is 9.19. The molecule has 0 radical (unpaired) electrons. The summed E-state index contributed by atoms with van der Waals surface area (Å²) in [7, 11) is 1.73. The zero-order valence-electron chi connectivity index (χ0n) is 11.0. The number of pyridine rings is 1. The largest absolute Gasteiger partial charge is 0.309 e. The molecule has 0 aliphatic carbocycles. The Kier molecular flexibility index (Phi) is 4.22. The highest BCUT2D eigenvalue weighted by atomic mass is 19.2. The van der Waals surface area contributed by atoms with E-state index in [1.165, 1.54) is 6.07 Å². The average molecular weight is 262 g/mol. The van der Waals surface area contributed by atoms with Gasteiger partial charge in [0.2, 0.25) is 0 Å². The number of nitrogens with zero attached hydrogens (tertiary/aromatic N) is 1. The molecule has 0 bridgehead atoms. The molecule has 0 saturated carbocycles. The summed E-state index contributed by atoms with van der Waals surface area (Å²) in [6.07, 6.45) is 4.21. The Morgan fingerprint density at radius 3 is 2.68 bits per heavy atom. The molecule has 0 aliphatic rings. The van der Waals surface area contributed by atoms with Crippen molar-refractivity contribution in [3.63, 3.8) is 0 Å². The lowest BCUT2D eigenvalue weighted by Crippen LogP contribution is -2.21. The second kappa shape index (κ2) is 5.89. The van der Waals surface area contributed by atoms with E-state index in [9.17, 15) is 8.78 Å². The van der Waals surface area contributed by atoms with Crippen LogP contribution in [0.4, 0.5) is 8.78 Å². The highest BCUT2D eigenvalue weighted by Gasteiger charge is 2.20.